The van der Waals surface area contributed by atoms with E-state index in [2.05, 4.69) is 17.1 Å². The van der Waals surface area contributed by atoms with Gasteiger partial charge >= 0.3 is 6.03 Å². The van der Waals surface area contributed by atoms with Crippen LogP contribution in [-0.2, 0) is 11.3 Å². The molecule has 0 saturated carbocycles. The van der Waals surface area contributed by atoms with Gasteiger partial charge in [0.05, 0.1) is 6.54 Å². The van der Waals surface area contributed by atoms with Gasteiger partial charge in [-0.2, -0.15) is 0 Å². The maximum absolute atomic E-state index is 12.8. The molecule has 0 unspecified atom stereocenters. The summed E-state index contributed by atoms with van der Waals surface area (Å²) in [5, 5.41) is 2.95. The Morgan fingerprint density at radius 2 is 1.83 bits per heavy atom. The molecule has 124 valence electrons. The lowest BCUT2D eigenvalue weighted by molar-refractivity contribution is -0.133. The summed E-state index contributed by atoms with van der Waals surface area (Å²) < 4.78 is 0. The number of rotatable bonds is 4. The van der Waals surface area contributed by atoms with Crippen molar-refractivity contribution in [3.8, 4) is 0 Å². The minimum atomic E-state index is -0.699. The summed E-state index contributed by atoms with van der Waals surface area (Å²) in [4.78, 5) is 28.8. The fourth-order valence-corrected chi connectivity index (χ4v) is 3.44. The van der Waals surface area contributed by atoms with Gasteiger partial charge in [-0.1, -0.05) is 19.1 Å². The van der Waals surface area contributed by atoms with Gasteiger partial charge < -0.3 is 16.0 Å². The summed E-state index contributed by atoms with van der Waals surface area (Å²) in [5.41, 5.74) is 6.55. The number of hydrogen-bond acceptors (Lipinski definition) is 4. The number of urea groups is 1. The highest BCUT2D eigenvalue weighted by Crippen LogP contribution is 2.30. The first-order chi connectivity index (χ1) is 11.0. The average Bonchev–Trinajstić information content (AvgIpc) is 2.76. The van der Waals surface area contributed by atoms with Crippen LogP contribution < -0.4 is 11.1 Å². The van der Waals surface area contributed by atoms with Crippen molar-refractivity contribution in [2.24, 2.45) is 0 Å². The number of benzene rings is 1. The number of piperidine rings is 1. The van der Waals surface area contributed by atoms with E-state index in [4.69, 9.17) is 5.73 Å². The Hall–Kier alpha value is -2.08. The molecule has 1 aromatic carbocycles. The third-order valence-corrected chi connectivity index (χ3v) is 4.82. The largest absolute Gasteiger partial charge is 0.399 e. The molecule has 1 spiro atoms. The van der Waals surface area contributed by atoms with Crippen LogP contribution in [-0.4, -0.2) is 46.9 Å². The van der Waals surface area contributed by atoms with E-state index in [9.17, 15) is 9.59 Å². The number of nitrogens with one attached hydrogen (secondary N) is 1. The van der Waals surface area contributed by atoms with Crippen LogP contribution in [0.2, 0.25) is 0 Å². The number of nitrogens with two attached hydrogens (primary N) is 1. The number of amides is 3. The number of carbonyl (C=O) groups excluding carboxylic acids is 2. The maximum atomic E-state index is 12.8. The molecule has 0 aromatic heterocycles. The number of hydrogen-bond donors (Lipinski definition) is 2. The zero-order chi connectivity index (χ0) is 16.4. The summed E-state index contributed by atoms with van der Waals surface area (Å²) in [6.07, 6.45) is 2.49. The van der Waals surface area contributed by atoms with Crippen molar-refractivity contribution in [3.63, 3.8) is 0 Å². The summed E-state index contributed by atoms with van der Waals surface area (Å²) in [5.74, 6) is -0.0875. The monoisotopic (exact) mass is 316 g/mol. The van der Waals surface area contributed by atoms with E-state index in [0.29, 0.717) is 25.1 Å². The molecule has 3 N–H and O–H groups in total. The van der Waals surface area contributed by atoms with Crippen molar-refractivity contribution < 1.29 is 9.59 Å². The predicted molar refractivity (Wildman–Crippen MR) is 88.6 cm³/mol. The SMILES string of the molecule is CCCN1CCC2(CC1)NC(=O)N(Cc1ccc(N)cc1)C2=O. The smallest absolute Gasteiger partial charge is 0.325 e. The Morgan fingerprint density at radius 3 is 2.43 bits per heavy atom. The Balaban J connectivity index is 1.69. The number of anilines is 1. The number of carbonyl (C=O) groups is 2. The van der Waals surface area contributed by atoms with Crippen molar-refractivity contribution in [1.29, 1.82) is 0 Å². The molecule has 6 nitrogen and oxygen atoms in total. The average molecular weight is 316 g/mol. The van der Waals surface area contributed by atoms with Crippen molar-refractivity contribution in [1.82, 2.24) is 15.1 Å². The minimum Gasteiger partial charge on any atom is -0.399 e. The van der Waals surface area contributed by atoms with E-state index in [1.165, 1.54) is 4.90 Å². The van der Waals surface area contributed by atoms with Gasteiger partial charge in [0.25, 0.3) is 5.91 Å². The fraction of sp³-hybridized carbons (Fsp3) is 0.529. The van der Waals surface area contributed by atoms with Crippen LogP contribution in [0, 0.1) is 0 Å². The highest BCUT2D eigenvalue weighted by molar-refractivity contribution is 6.07. The fourth-order valence-electron chi connectivity index (χ4n) is 3.44. The number of imide groups is 1. The quantitative estimate of drug-likeness (QED) is 0.653. The number of nitrogens with zero attached hydrogens (tertiary/aromatic N) is 2. The molecule has 6 heteroatoms. The molecule has 1 aromatic rings. The molecule has 0 bridgehead atoms. The lowest BCUT2D eigenvalue weighted by atomic mass is 9.87. The molecule has 2 saturated heterocycles. The van der Waals surface area contributed by atoms with Crippen LogP contribution in [0.3, 0.4) is 0 Å². The van der Waals surface area contributed by atoms with Gasteiger partial charge in [-0.25, -0.2) is 4.79 Å². The first-order valence-corrected chi connectivity index (χ1v) is 8.25. The zero-order valence-corrected chi connectivity index (χ0v) is 13.5. The number of nitrogen functional groups attached to an aromatic ring is 1. The van der Waals surface area contributed by atoms with Gasteiger partial charge in [-0.15, -0.1) is 0 Å². The van der Waals surface area contributed by atoms with Crippen molar-refractivity contribution >= 4 is 17.6 Å². The topological polar surface area (TPSA) is 78.7 Å². The van der Waals surface area contributed by atoms with Gasteiger partial charge in [-0.3, -0.25) is 9.69 Å². The van der Waals surface area contributed by atoms with Gasteiger partial charge in [0.1, 0.15) is 5.54 Å². The molecule has 0 aliphatic carbocycles. The Bertz CT molecular complexity index is 591. The van der Waals surface area contributed by atoms with Gasteiger partial charge in [0, 0.05) is 18.8 Å². The normalized spacial score (nSPS) is 21.0. The molecule has 2 heterocycles. The van der Waals surface area contributed by atoms with Crippen LogP contribution >= 0.6 is 0 Å². The molecule has 3 rings (SSSR count). The standard InChI is InChI=1S/C17H24N4O2/c1-2-9-20-10-7-17(8-11-20)15(22)21(16(23)19-17)12-13-3-5-14(18)6-4-13/h3-6H,2,7-12,18H2,1H3,(H,19,23). The van der Waals surface area contributed by atoms with Crippen LogP contribution in [0.15, 0.2) is 24.3 Å². The lowest BCUT2D eigenvalue weighted by Gasteiger charge is -2.37. The van der Waals surface area contributed by atoms with Crippen molar-refractivity contribution in [3.05, 3.63) is 29.8 Å². The predicted octanol–water partition coefficient (Wildman–Crippen LogP) is 1.57. The highest BCUT2D eigenvalue weighted by Gasteiger charge is 2.52. The molecule has 0 radical (unpaired) electrons. The molecule has 3 amide bonds. The maximum Gasteiger partial charge on any atom is 0.325 e. The molecule has 23 heavy (non-hydrogen) atoms. The van der Waals surface area contributed by atoms with Crippen LogP contribution in [0.25, 0.3) is 0 Å². The van der Waals surface area contributed by atoms with Crippen LogP contribution in [0.5, 0.6) is 0 Å². The third kappa shape index (κ3) is 3.03. The molecule has 0 atom stereocenters. The first-order valence-electron chi connectivity index (χ1n) is 8.25. The van der Waals surface area contributed by atoms with Gasteiger partial charge in [0.2, 0.25) is 0 Å². The first kappa shape index (κ1) is 15.8. The molecule has 2 fully saturated rings. The zero-order valence-electron chi connectivity index (χ0n) is 13.5. The van der Waals surface area contributed by atoms with Crippen molar-refractivity contribution in [2.45, 2.75) is 38.3 Å². The summed E-state index contributed by atoms with van der Waals surface area (Å²) >= 11 is 0. The molecule has 2 aliphatic heterocycles. The highest BCUT2D eigenvalue weighted by atomic mass is 16.2. The third-order valence-electron chi connectivity index (χ3n) is 4.82. The summed E-state index contributed by atoms with van der Waals surface area (Å²) in [6.45, 7) is 5.21. The summed E-state index contributed by atoms with van der Waals surface area (Å²) in [7, 11) is 0. The minimum absolute atomic E-state index is 0.0875. The Kier molecular flexibility index (Phi) is 4.26. The Labute approximate surface area is 136 Å². The Morgan fingerprint density at radius 1 is 1.17 bits per heavy atom. The van der Waals surface area contributed by atoms with Crippen molar-refractivity contribution in [2.75, 3.05) is 25.4 Å². The van der Waals surface area contributed by atoms with Crippen LogP contribution in [0.1, 0.15) is 31.7 Å². The second-order valence-electron chi connectivity index (χ2n) is 6.49. The van der Waals surface area contributed by atoms with E-state index < -0.39 is 5.54 Å². The van der Waals surface area contributed by atoms with Gasteiger partial charge in [0.15, 0.2) is 0 Å². The van der Waals surface area contributed by atoms with E-state index in [1.807, 2.05) is 12.1 Å². The second kappa shape index (κ2) is 6.20. The van der Waals surface area contributed by atoms with Gasteiger partial charge in [-0.05, 0) is 43.5 Å². The molecular formula is C17H24N4O2. The van der Waals surface area contributed by atoms with Crippen LogP contribution in [0.4, 0.5) is 10.5 Å². The van der Waals surface area contributed by atoms with E-state index in [0.717, 1.165) is 31.6 Å². The van der Waals surface area contributed by atoms with E-state index >= 15 is 0 Å². The van der Waals surface area contributed by atoms with E-state index in [1.54, 1.807) is 12.1 Å². The second-order valence-corrected chi connectivity index (χ2v) is 6.49. The molecular weight excluding hydrogens is 292 g/mol. The molecule has 2 aliphatic rings. The lowest BCUT2D eigenvalue weighted by Crippen LogP contribution is -2.54. The van der Waals surface area contributed by atoms with E-state index in [-0.39, 0.29) is 11.9 Å². The summed E-state index contributed by atoms with van der Waals surface area (Å²) in [6, 6.07) is 6.99. The number of likely N-dealkylation sites (tertiary alicyclic amines) is 1.